The SMILES string of the molecule is CC(=O)OC1CC2C3(C)CCCC(C)(C)C3CCC2(C)C2C=CC3=C(CNC3=O)C12C. The Morgan fingerprint density at radius 1 is 1.06 bits per heavy atom. The van der Waals surface area contributed by atoms with E-state index >= 15 is 0 Å². The number of rotatable bonds is 1. The van der Waals surface area contributed by atoms with E-state index in [-0.39, 0.29) is 40.1 Å². The lowest BCUT2D eigenvalue weighted by atomic mass is 9.35. The van der Waals surface area contributed by atoms with Crippen LogP contribution in [0.25, 0.3) is 0 Å². The largest absolute Gasteiger partial charge is 0.462 e. The molecule has 170 valence electrons. The first-order valence-electron chi connectivity index (χ1n) is 12.3. The van der Waals surface area contributed by atoms with Crippen LogP contribution in [0.5, 0.6) is 0 Å². The second kappa shape index (κ2) is 6.48. The molecule has 0 aromatic heterocycles. The number of hydrogen-bond donors (Lipinski definition) is 1. The summed E-state index contributed by atoms with van der Waals surface area (Å²) in [4.78, 5) is 24.8. The zero-order chi connectivity index (χ0) is 22.4. The summed E-state index contributed by atoms with van der Waals surface area (Å²) < 4.78 is 6.13. The molecule has 1 heterocycles. The van der Waals surface area contributed by atoms with Gasteiger partial charge >= 0.3 is 5.97 Å². The predicted molar refractivity (Wildman–Crippen MR) is 121 cm³/mol. The van der Waals surface area contributed by atoms with Crippen molar-refractivity contribution in [3.8, 4) is 0 Å². The Kier molecular flexibility index (Phi) is 4.45. The van der Waals surface area contributed by atoms with Gasteiger partial charge < -0.3 is 10.1 Å². The second-order valence-corrected chi connectivity index (χ2v) is 12.5. The van der Waals surface area contributed by atoms with Crippen molar-refractivity contribution in [3.05, 3.63) is 23.3 Å². The van der Waals surface area contributed by atoms with Gasteiger partial charge in [0.15, 0.2) is 0 Å². The van der Waals surface area contributed by atoms with Crippen molar-refractivity contribution in [3.63, 3.8) is 0 Å². The van der Waals surface area contributed by atoms with Gasteiger partial charge in [0.1, 0.15) is 6.10 Å². The molecule has 1 aliphatic heterocycles. The van der Waals surface area contributed by atoms with Crippen LogP contribution in [0.1, 0.15) is 80.1 Å². The summed E-state index contributed by atoms with van der Waals surface area (Å²) in [5.74, 6) is 1.31. The zero-order valence-electron chi connectivity index (χ0n) is 20.1. The molecule has 5 rings (SSSR count). The molecule has 7 unspecified atom stereocenters. The van der Waals surface area contributed by atoms with Crippen LogP contribution in [-0.2, 0) is 14.3 Å². The van der Waals surface area contributed by atoms with Gasteiger partial charge in [-0.1, -0.05) is 53.2 Å². The Morgan fingerprint density at radius 3 is 2.52 bits per heavy atom. The molecule has 0 radical (unpaired) electrons. The quantitative estimate of drug-likeness (QED) is 0.588. The van der Waals surface area contributed by atoms with Gasteiger partial charge in [0.25, 0.3) is 5.91 Å². The van der Waals surface area contributed by atoms with Gasteiger partial charge in [-0.15, -0.1) is 0 Å². The van der Waals surface area contributed by atoms with E-state index in [1.807, 2.05) is 0 Å². The van der Waals surface area contributed by atoms with Crippen molar-refractivity contribution < 1.29 is 14.3 Å². The number of carbonyl (C=O) groups is 2. The summed E-state index contributed by atoms with van der Waals surface area (Å²) in [7, 11) is 0. The molecule has 0 aromatic carbocycles. The van der Waals surface area contributed by atoms with Crippen molar-refractivity contribution >= 4 is 11.9 Å². The molecular formula is C27H39NO3. The van der Waals surface area contributed by atoms with Crippen molar-refractivity contribution in [1.29, 1.82) is 0 Å². The highest BCUT2D eigenvalue weighted by molar-refractivity contribution is 6.00. The van der Waals surface area contributed by atoms with E-state index in [4.69, 9.17) is 4.74 Å². The van der Waals surface area contributed by atoms with E-state index in [0.717, 1.165) is 17.6 Å². The van der Waals surface area contributed by atoms with Crippen LogP contribution < -0.4 is 5.32 Å². The molecule has 0 spiro atoms. The van der Waals surface area contributed by atoms with E-state index in [0.29, 0.717) is 23.8 Å². The third-order valence-electron chi connectivity index (χ3n) is 10.7. The van der Waals surface area contributed by atoms with Crippen LogP contribution in [0.4, 0.5) is 0 Å². The van der Waals surface area contributed by atoms with Gasteiger partial charge in [-0.2, -0.15) is 0 Å². The Balaban J connectivity index is 1.64. The summed E-state index contributed by atoms with van der Waals surface area (Å²) in [5.41, 5.74) is 2.41. The normalized spacial score (nSPS) is 47.6. The van der Waals surface area contributed by atoms with Crippen LogP contribution >= 0.6 is 0 Å². The van der Waals surface area contributed by atoms with Crippen LogP contribution in [0, 0.1) is 39.4 Å². The predicted octanol–water partition coefficient (Wildman–Crippen LogP) is 5.19. The average Bonchev–Trinajstić information content (AvgIpc) is 3.04. The fourth-order valence-corrected chi connectivity index (χ4v) is 9.46. The topological polar surface area (TPSA) is 55.4 Å². The minimum Gasteiger partial charge on any atom is -0.462 e. The van der Waals surface area contributed by atoms with E-state index in [2.05, 4.69) is 52.1 Å². The third-order valence-corrected chi connectivity index (χ3v) is 10.7. The number of ether oxygens (including phenoxy) is 1. The maximum absolute atomic E-state index is 12.5. The van der Waals surface area contributed by atoms with Gasteiger partial charge in [0.05, 0.1) is 0 Å². The van der Waals surface area contributed by atoms with Gasteiger partial charge in [-0.3, -0.25) is 9.59 Å². The van der Waals surface area contributed by atoms with E-state index < -0.39 is 0 Å². The van der Waals surface area contributed by atoms with Gasteiger partial charge in [0, 0.05) is 24.5 Å². The highest BCUT2D eigenvalue weighted by atomic mass is 16.5. The average molecular weight is 426 g/mol. The van der Waals surface area contributed by atoms with Gasteiger partial charge in [-0.25, -0.2) is 0 Å². The Hall–Kier alpha value is -1.58. The number of allylic oxidation sites excluding steroid dienone is 1. The molecule has 4 nitrogen and oxygen atoms in total. The molecule has 1 amide bonds. The Labute approximate surface area is 187 Å². The van der Waals surface area contributed by atoms with Crippen molar-refractivity contribution in [2.75, 3.05) is 6.54 Å². The molecule has 3 saturated carbocycles. The van der Waals surface area contributed by atoms with Crippen LogP contribution in [0.2, 0.25) is 0 Å². The maximum Gasteiger partial charge on any atom is 0.302 e. The highest BCUT2D eigenvalue weighted by Gasteiger charge is 2.68. The molecule has 3 fully saturated rings. The number of carbonyl (C=O) groups excluding carboxylic acids is 2. The van der Waals surface area contributed by atoms with Gasteiger partial charge in [0.2, 0.25) is 0 Å². The van der Waals surface area contributed by atoms with E-state index in [1.165, 1.54) is 39.0 Å². The van der Waals surface area contributed by atoms with E-state index in [1.54, 1.807) is 0 Å². The first-order valence-corrected chi connectivity index (χ1v) is 12.3. The molecular weight excluding hydrogens is 386 g/mol. The third kappa shape index (κ3) is 2.66. The summed E-state index contributed by atoms with van der Waals surface area (Å²) >= 11 is 0. The summed E-state index contributed by atoms with van der Waals surface area (Å²) in [6.45, 7) is 14.4. The Morgan fingerprint density at radius 2 is 1.81 bits per heavy atom. The van der Waals surface area contributed by atoms with Crippen LogP contribution in [0.3, 0.4) is 0 Å². The lowest BCUT2D eigenvalue weighted by molar-refractivity contribution is -0.214. The Bertz CT molecular complexity index is 900. The molecule has 4 heteroatoms. The molecule has 5 aliphatic rings. The molecule has 0 bridgehead atoms. The lowest BCUT2D eigenvalue weighted by Gasteiger charge is -2.69. The summed E-state index contributed by atoms with van der Waals surface area (Å²) in [5, 5.41) is 3.04. The van der Waals surface area contributed by atoms with Crippen LogP contribution in [0.15, 0.2) is 23.3 Å². The molecule has 7 atom stereocenters. The smallest absolute Gasteiger partial charge is 0.302 e. The zero-order valence-corrected chi connectivity index (χ0v) is 20.1. The van der Waals surface area contributed by atoms with Crippen molar-refractivity contribution in [2.45, 2.75) is 86.2 Å². The first-order chi connectivity index (χ1) is 14.4. The highest BCUT2D eigenvalue weighted by Crippen LogP contribution is 2.72. The van der Waals surface area contributed by atoms with Crippen molar-refractivity contribution in [1.82, 2.24) is 5.32 Å². The molecule has 0 saturated heterocycles. The fourth-order valence-electron chi connectivity index (χ4n) is 9.46. The summed E-state index contributed by atoms with van der Waals surface area (Å²) in [6, 6.07) is 0. The molecule has 4 aliphatic carbocycles. The van der Waals surface area contributed by atoms with Gasteiger partial charge in [-0.05, 0) is 71.7 Å². The first kappa shape index (κ1) is 21.3. The number of fused-ring (bicyclic) bond motifs is 6. The molecule has 0 aromatic rings. The number of hydrogen-bond acceptors (Lipinski definition) is 3. The number of esters is 1. The number of nitrogens with one attached hydrogen (secondary N) is 1. The second-order valence-electron chi connectivity index (χ2n) is 12.5. The summed E-state index contributed by atoms with van der Waals surface area (Å²) in [6.07, 6.45) is 11.5. The standard InChI is InChI=1S/C27H39NO3/c1-16(29)31-22-14-21-25(4)12-7-11-24(2,3)19(25)10-13-26(21,5)20-9-8-17-18(27(20,22)6)15-28-23(17)30/h8-9,19-22H,7,10-15H2,1-6H3,(H,28,30). The van der Waals surface area contributed by atoms with E-state index in [9.17, 15) is 9.59 Å². The molecule has 31 heavy (non-hydrogen) atoms. The monoisotopic (exact) mass is 425 g/mol. The molecule has 1 N–H and O–H groups in total. The minimum atomic E-state index is -0.326. The minimum absolute atomic E-state index is 0.0180. The lowest BCUT2D eigenvalue weighted by Crippen LogP contribution is -2.65. The van der Waals surface area contributed by atoms with Crippen LogP contribution in [-0.4, -0.2) is 24.5 Å². The fraction of sp³-hybridized carbons (Fsp3) is 0.778. The van der Waals surface area contributed by atoms with Crippen molar-refractivity contribution in [2.24, 2.45) is 39.4 Å². The number of amides is 1. The maximum atomic E-state index is 12.5.